The molecule has 1 aromatic rings. The molecule has 0 saturated carbocycles. The lowest BCUT2D eigenvalue weighted by atomic mass is 10.0. The van der Waals surface area contributed by atoms with Crippen molar-refractivity contribution in [3.63, 3.8) is 0 Å². The number of fused-ring (bicyclic) bond motifs is 1. The maximum absolute atomic E-state index is 10.7. The Morgan fingerprint density at radius 3 is 2.93 bits per heavy atom. The van der Waals surface area contributed by atoms with E-state index in [2.05, 4.69) is 10.00 Å². The van der Waals surface area contributed by atoms with Crippen molar-refractivity contribution in [1.82, 2.24) is 14.7 Å². The molecule has 2 rings (SSSR count). The Morgan fingerprint density at radius 2 is 2.27 bits per heavy atom. The van der Waals surface area contributed by atoms with Crippen LogP contribution >= 0.6 is 0 Å². The van der Waals surface area contributed by atoms with Crippen molar-refractivity contribution in [3.05, 3.63) is 17.0 Å². The SMILES string of the molecule is CN1CCc2nn(C)c(CC(=O)O)c2C1. The van der Waals surface area contributed by atoms with Crippen molar-refractivity contribution in [2.24, 2.45) is 7.05 Å². The summed E-state index contributed by atoms with van der Waals surface area (Å²) in [4.78, 5) is 12.9. The number of aromatic nitrogens is 2. The van der Waals surface area contributed by atoms with E-state index in [1.165, 1.54) is 0 Å². The zero-order chi connectivity index (χ0) is 11.0. The van der Waals surface area contributed by atoms with Crippen LogP contribution in [0.5, 0.6) is 0 Å². The standard InChI is InChI=1S/C10H15N3O2/c1-12-4-3-8-7(6-12)9(5-10(14)15)13(2)11-8/h3-6H2,1-2H3,(H,14,15). The molecule has 0 bridgehead atoms. The molecule has 0 unspecified atom stereocenters. The normalized spacial score (nSPS) is 16.4. The summed E-state index contributed by atoms with van der Waals surface area (Å²) in [7, 11) is 3.86. The van der Waals surface area contributed by atoms with E-state index in [9.17, 15) is 4.79 Å². The van der Waals surface area contributed by atoms with Crippen molar-refractivity contribution in [3.8, 4) is 0 Å². The number of hydrogen-bond donors (Lipinski definition) is 1. The molecule has 0 aliphatic carbocycles. The fraction of sp³-hybridized carbons (Fsp3) is 0.600. The van der Waals surface area contributed by atoms with E-state index in [0.717, 1.165) is 36.5 Å². The molecule has 82 valence electrons. The van der Waals surface area contributed by atoms with E-state index in [-0.39, 0.29) is 6.42 Å². The summed E-state index contributed by atoms with van der Waals surface area (Å²) in [5.74, 6) is -0.797. The molecule has 0 radical (unpaired) electrons. The molecule has 15 heavy (non-hydrogen) atoms. The van der Waals surface area contributed by atoms with Crippen LogP contribution in [0, 0.1) is 0 Å². The average molecular weight is 209 g/mol. The first-order valence-corrected chi connectivity index (χ1v) is 5.02. The second-order valence-electron chi connectivity index (χ2n) is 4.05. The minimum Gasteiger partial charge on any atom is -0.481 e. The Labute approximate surface area is 88.3 Å². The number of hydrogen-bond acceptors (Lipinski definition) is 3. The first kappa shape index (κ1) is 10.2. The summed E-state index contributed by atoms with van der Waals surface area (Å²) in [6.45, 7) is 1.81. The van der Waals surface area contributed by atoms with E-state index in [0.29, 0.717) is 0 Å². The fourth-order valence-electron chi connectivity index (χ4n) is 2.06. The van der Waals surface area contributed by atoms with Gasteiger partial charge >= 0.3 is 5.97 Å². The summed E-state index contributed by atoms with van der Waals surface area (Å²) >= 11 is 0. The van der Waals surface area contributed by atoms with Crippen molar-refractivity contribution in [2.45, 2.75) is 19.4 Å². The summed E-state index contributed by atoms with van der Waals surface area (Å²) < 4.78 is 1.71. The van der Waals surface area contributed by atoms with Crippen molar-refractivity contribution < 1.29 is 9.90 Å². The predicted octanol–water partition coefficient (Wildman–Crippen LogP) is 0.0351. The minimum absolute atomic E-state index is 0.0622. The third-order valence-electron chi connectivity index (χ3n) is 2.84. The van der Waals surface area contributed by atoms with Gasteiger partial charge in [-0.3, -0.25) is 9.48 Å². The number of aryl methyl sites for hydroxylation is 1. The van der Waals surface area contributed by atoms with Gasteiger partial charge < -0.3 is 10.0 Å². The molecule has 0 aromatic carbocycles. The number of carbonyl (C=O) groups is 1. The maximum atomic E-state index is 10.7. The predicted molar refractivity (Wildman–Crippen MR) is 54.6 cm³/mol. The molecular formula is C10H15N3O2. The van der Waals surface area contributed by atoms with Gasteiger partial charge in [-0.15, -0.1) is 0 Å². The third kappa shape index (κ3) is 1.87. The Bertz CT molecular complexity index is 398. The number of nitrogens with zero attached hydrogens (tertiary/aromatic N) is 3. The molecule has 1 aliphatic rings. The van der Waals surface area contributed by atoms with Gasteiger partial charge in [0.2, 0.25) is 0 Å². The molecule has 5 heteroatoms. The van der Waals surface area contributed by atoms with E-state index < -0.39 is 5.97 Å². The molecule has 5 nitrogen and oxygen atoms in total. The Hall–Kier alpha value is -1.36. The van der Waals surface area contributed by atoms with Crippen molar-refractivity contribution in [2.75, 3.05) is 13.6 Å². The van der Waals surface area contributed by atoms with Crippen LogP contribution in [0.1, 0.15) is 17.0 Å². The van der Waals surface area contributed by atoms with Gasteiger partial charge in [0, 0.05) is 32.1 Å². The lowest BCUT2D eigenvalue weighted by molar-refractivity contribution is -0.136. The number of rotatable bonds is 2. The minimum atomic E-state index is -0.797. The first-order valence-electron chi connectivity index (χ1n) is 5.02. The topological polar surface area (TPSA) is 58.4 Å². The summed E-state index contributed by atoms with van der Waals surface area (Å²) in [6, 6.07) is 0. The van der Waals surface area contributed by atoms with Crippen LogP contribution < -0.4 is 0 Å². The van der Waals surface area contributed by atoms with Gasteiger partial charge in [-0.2, -0.15) is 5.10 Å². The van der Waals surface area contributed by atoms with Crippen LogP contribution in [0.2, 0.25) is 0 Å². The van der Waals surface area contributed by atoms with Crippen LogP contribution in [-0.4, -0.2) is 39.3 Å². The van der Waals surface area contributed by atoms with Crippen LogP contribution in [0.3, 0.4) is 0 Å². The van der Waals surface area contributed by atoms with Gasteiger partial charge in [0.1, 0.15) is 0 Å². The second kappa shape index (κ2) is 3.66. The van der Waals surface area contributed by atoms with Gasteiger partial charge in [0.25, 0.3) is 0 Å². The molecule has 0 amide bonds. The zero-order valence-electron chi connectivity index (χ0n) is 9.03. The summed E-state index contributed by atoms with van der Waals surface area (Å²) in [5, 5.41) is 13.2. The van der Waals surface area contributed by atoms with E-state index in [1.807, 2.05) is 14.1 Å². The molecule has 1 N–H and O–H groups in total. The van der Waals surface area contributed by atoms with Gasteiger partial charge in [-0.1, -0.05) is 0 Å². The van der Waals surface area contributed by atoms with E-state index in [4.69, 9.17) is 5.11 Å². The fourth-order valence-corrected chi connectivity index (χ4v) is 2.06. The van der Waals surface area contributed by atoms with Crippen molar-refractivity contribution >= 4 is 5.97 Å². The number of likely N-dealkylation sites (N-methyl/N-ethyl adjacent to an activating group) is 1. The molecule has 0 spiro atoms. The highest BCUT2D eigenvalue weighted by Gasteiger charge is 2.22. The monoisotopic (exact) mass is 209 g/mol. The van der Waals surface area contributed by atoms with E-state index in [1.54, 1.807) is 4.68 Å². The van der Waals surface area contributed by atoms with Crippen molar-refractivity contribution in [1.29, 1.82) is 0 Å². The summed E-state index contributed by atoms with van der Waals surface area (Å²) in [5.41, 5.74) is 3.00. The lowest BCUT2D eigenvalue weighted by Crippen LogP contribution is -2.26. The third-order valence-corrected chi connectivity index (χ3v) is 2.84. The van der Waals surface area contributed by atoms with Crippen LogP contribution in [0.4, 0.5) is 0 Å². The zero-order valence-corrected chi connectivity index (χ0v) is 9.03. The maximum Gasteiger partial charge on any atom is 0.309 e. The summed E-state index contributed by atoms with van der Waals surface area (Å²) in [6.07, 6.45) is 0.978. The largest absolute Gasteiger partial charge is 0.481 e. The van der Waals surface area contributed by atoms with Gasteiger partial charge in [-0.05, 0) is 7.05 Å². The second-order valence-corrected chi connectivity index (χ2v) is 4.05. The molecule has 2 heterocycles. The highest BCUT2D eigenvalue weighted by Crippen LogP contribution is 2.21. The number of aliphatic carboxylic acids is 1. The van der Waals surface area contributed by atoms with Gasteiger partial charge in [0.15, 0.2) is 0 Å². The molecular weight excluding hydrogens is 194 g/mol. The molecule has 0 atom stereocenters. The Balaban J connectivity index is 2.37. The van der Waals surface area contributed by atoms with Crippen LogP contribution in [0.25, 0.3) is 0 Å². The van der Waals surface area contributed by atoms with Crippen LogP contribution in [-0.2, 0) is 31.2 Å². The highest BCUT2D eigenvalue weighted by molar-refractivity contribution is 5.70. The van der Waals surface area contributed by atoms with E-state index >= 15 is 0 Å². The molecule has 0 saturated heterocycles. The molecule has 1 aromatic heterocycles. The lowest BCUT2D eigenvalue weighted by Gasteiger charge is -2.21. The number of carboxylic acids is 1. The van der Waals surface area contributed by atoms with Gasteiger partial charge in [0.05, 0.1) is 17.8 Å². The Kier molecular flexibility index (Phi) is 2.48. The van der Waals surface area contributed by atoms with Crippen LogP contribution in [0.15, 0.2) is 0 Å². The number of carboxylic acid groups (broad SMARTS) is 1. The van der Waals surface area contributed by atoms with Gasteiger partial charge in [-0.25, -0.2) is 0 Å². The average Bonchev–Trinajstić information content (AvgIpc) is 2.43. The quantitative estimate of drug-likeness (QED) is 0.747. The smallest absolute Gasteiger partial charge is 0.309 e. The molecule has 0 fully saturated rings. The Morgan fingerprint density at radius 1 is 1.53 bits per heavy atom. The molecule has 1 aliphatic heterocycles. The highest BCUT2D eigenvalue weighted by atomic mass is 16.4. The first-order chi connectivity index (χ1) is 7.08.